The Morgan fingerprint density at radius 3 is 2.39 bits per heavy atom. The molecule has 0 aliphatic heterocycles. The van der Waals surface area contributed by atoms with E-state index < -0.39 is 0 Å². The highest BCUT2D eigenvalue weighted by molar-refractivity contribution is 7.11. The average molecular weight is 263 g/mol. The molecule has 0 saturated heterocycles. The first kappa shape index (κ1) is 13.1. The van der Waals surface area contributed by atoms with Crippen molar-refractivity contribution in [3.8, 4) is 0 Å². The normalized spacial score (nSPS) is 11.1. The van der Waals surface area contributed by atoms with E-state index in [1.54, 1.807) is 0 Å². The second-order valence-corrected chi connectivity index (χ2v) is 5.65. The van der Waals surface area contributed by atoms with Gasteiger partial charge in [0.15, 0.2) is 0 Å². The topological polar surface area (TPSA) is 43.8 Å². The van der Waals surface area contributed by atoms with E-state index in [0.29, 0.717) is 0 Å². The molecular formula is C14H21N3S. The van der Waals surface area contributed by atoms with Gasteiger partial charge in [0.1, 0.15) is 0 Å². The summed E-state index contributed by atoms with van der Waals surface area (Å²) >= 11 is 1.87. The number of thiophene rings is 1. The van der Waals surface area contributed by atoms with Crippen molar-refractivity contribution in [2.45, 2.75) is 46.6 Å². The van der Waals surface area contributed by atoms with Crippen LogP contribution >= 0.6 is 11.3 Å². The molecule has 0 atom stereocenters. The maximum atomic E-state index is 6.13. The summed E-state index contributed by atoms with van der Waals surface area (Å²) in [5.74, 6) is 0. The van der Waals surface area contributed by atoms with Gasteiger partial charge in [-0.05, 0) is 31.4 Å². The van der Waals surface area contributed by atoms with Crippen molar-refractivity contribution < 1.29 is 0 Å². The number of nitrogen functional groups attached to an aromatic ring is 1. The van der Waals surface area contributed by atoms with Gasteiger partial charge < -0.3 is 5.73 Å². The van der Waals surface area contributed by atoms with Crippen LogP contribution in [0.1, 0.15) is 41.9 Å². The minimum atomic E-state index is 0.845. The van der Waals surface area contributed by atoms with Crippen LogP contribution in [0.25, 0.3) is 0 Å². The van der Waals surface area contributed by atoms with Crippen LogP contribution in [0.3, 0.4) is 0 Å². The van der Waals surface area contributed by atoms with Crippen LogP contribution < -0.4 is 5.73 Å². The fraction of sp³-hybridized carbons (Fsp3) is 0.500. The molecule has 4 heteroatoms. The molecule has 0 spiro atoms. The predicted molar refractivity (Wildman–Crippen MR) is 78.2 cm³/mol. The molecule has 0 unspecified atom stereocenters. The zero-order valence-electron chi connectivity index (χ0n) is 11.4. The number of nitrogens with zero attached hydrogens (tertiary/aromatic N) is 2. The van der Waals surface area contributed by atoms with Crippen LogP contribution in [-0.2, 0) is 25.8 Å². The zero-order chi connectivity index (χ0) is 13.1. The molecular weight excluding hydrogens is 242 g/mol. The first-order chi connectivity index (χ1) is 8.69. The van der Waals surface area contributed by atoms with Crippen LogP contribution in [0.4, 0.5) is 5.69 Å². The number of nitrogens with two attached hydrogens (primary N) is 1. The van der Waals surface area contributed by atoms with Gasteiger partial charge in [0.05, 0.1) is 23.6 Å². The highest BCUT2D eigenvalue weighted by Gasteiger charge is 2.13. The van der Waals surface area contributed by atoms with Gasteiger partial charge in [-0.3, -0.25) is 4.68 Å². The summed E-state index contributed by atoms with van der Waals surface area (Å²) in [5, 5.41) is 4.63. The minimum absolute atomic E-state index is 0.845. The molecule has 0 fully saturated rings. The van der Waals surface area contributed by atoms with Crippen molar-refractivity contribution in [1.82, 2.24) is 9.78 Å². The van der Waals surface area contributed by atoms with Gasteiger partial charge in [0.25, 0.3) is 0 Å². The molecule has 0 saturated carbocycles. The lowest BCUT2D eigenvalue weighted by molar-refractivity contribution is 0.647. The van der Waals surface area contributed by atoms with Gasteiger partial charge in [0.2, 0.25) is 0 Å². The predicted octanol–water partition coefficient (Wildman–Crippen LogP) is 3.26. The van der Waals surface area contributed by atoms with Crippen LogP contribution in [0, 0.1) is 0 Å². The number of hydrogen-bond donors (Lipinski definition) is 1. The molecule has 0 aliphatic rings. The van der Waals surface area contributed by atoms with E-state index in [4.69, 9.17) is 5.73 Å². The summed E-state index contributed by atoms with van der Waals surface area (Å²) in [5.41, 5.74) is 9.20. The monoisotopic (exact) mass is 263 g/mol. The summed E-state index contributed by atoms with van der Waals surface area (Å²) in [4.78, 5) is 2.78. The lowest BCUT2D eigenvalue weighted by Crippen LogP contribution is -2.05. The second-order valence-electron chi connectivity index (χ2n) is 4.39. The number of hydrogen-bond acceptors (Lipinski definition) is 3. The molecule has 98 valence electrons. The summed E-state index contributed by atoms with van der Waals surface area (Å²) in [6.45, 7) is 7.27. The molecule has 2 N–H and O–H groups in total. The second kappa shape index (κ2) is 5.57. The molecule has 2 aromatic rings. The number of rotatable bonds is 5. The van der Waals surface area contributed by atoms with E-state index in [9.17, 15) is 0 Å². The Balaban J connectivity index is 2.27. The Hall–Kier alpha value is -1.29. The molecule has 2 rings (SSSR count). The fourth-order valence-corrected chi connectivity index (χ4v) is 3.12. The van der Waals surface area contributed by atoms with E-state index in [0.717, 1.165) is 37.2 Å². The quantitative estimate of drug-likeness (QED) is 0.899. The molecule has 2 heterocycles. The van der Waals surface area contributed by atoms with Crippen molar-refractivity contribution in [1.29, 1.82) is 0 Å². The molecule has 0 amide bonds. The summed E-state index contributed by atoms with van der Waals surface area (Å²) in [6, 6.07) is 4.41. The molecule has 18 heavy (non-hydrogen) atoms. The van der Waals surface area contributed by atoms with Crippen molar-refractivity contribution in [2.75, 3.05) is 5.73 Å². The van der Waals surface area contributed by atoms with Gasteiger partial charge in [-0.15, -0.1) is 11.3 Å². The van der Waals surface area contributed by atoms with E-state index in [1.807, 2.05) is 11.3 Å². The van der Waals surface area contributed by atoms with Crippen molar-refractivity contribution in [3.05, 3.63) is 33.3 Å². The standard InChI is InChI=1S/C14H21N3S/c1-4-10-7-8-11(18-10)9-17-13(6-3)14(15)12(5-2)16-17/h7-8H,4-6,9,15H2,1-3H3. The maximum absolute atomic E-state index is 6.13. The largest absolute Gasteiger partial charge is 0.396 e. The minimum Gasteiger partial charge on any atom is -0.396 e. The van der Waals surface area contributed by atoms with Crippen LogP contribution in [0.5, 0.6) is 0 Å². The van der Waals surface area contributed by atoms with Gasteiger partial charge in [-0.25, -0.2) is 0 Å². The Morgan fingerprint density at radius 2 is 1.83 bits per heavy atom. The van der Waals surface area contributed by atoms with Crippen LogP contribution in [0.2, 0.25) is 0 Å². The third-order valence-corrected chi connectivity index (χ3v) is 4.43. The van der Waals surface area contributed by atoms with Crippen molar-refractivity contribution >= 4 is 17.0 Å². The first-order valence-electron chi connectivity index (χ1n) is 6.61. The van der Waals surface area contributed by atoms with Crippen LogP contribution in [-0.4, -0.2) is 9.78 Å². The Labute approximate surface area is 113 Å². The first-order valence-corrected chi connectivity index (χ1v) is 7.42. The van der Waals surface area contributed by atoms with E-state index in [2.05, 4.69) is 42.7 Å². The summed E-state index contributed by atoms with van der Waals surface area (Å²) in [7, 11) is 0. The van der Waals surface area contributed by atoms with E-state index >= 15 is 0 Å². The SMILES string of the molecule is CCc1ccc(Cn2nc(CC)c(N)c2CC)s1. The molecule has 2 aromatic heterocycles. The molecule has 3 nitrogen and oxygen atoms in total. The van der Waals surface area contributed by atoms with Gasteiger partial charge in [-0.1, -0.05) is 20.8 Å². The molecule has 0 aromatic carbocycles. The highest BCUT2D eigenvalue weighted by Crippen LogP contribution is 2.22. The Kier molecular flexibility index (Phi) is 4.07. The third-order valence-electron chi connectivity index (χ3n) is 3.22. The fourth-order valence-electron chi connectivity index (χ4n) is 2.18. The summed E-state index contributed by atoms with van der Waals surface area (Å²) < 4.78 is 2.07. The highest BCUT2D eigenvalue weighted by atomic mass is 32.1. The molecule has 0 bridgehead atoms. The smallest absolute Gasteiger partial charge is 0.0854 e. The average Bonchev–Trinajstić information content (AvgIpc) is 2.94. The Morgan fingerprint density at radius 1 is 1.11 bits per heavy atom. The molecule has 0 aliphatic carbocycles. The summed E-state index contributed by atoms with van der Waals surface area (Å²) in [6.07, 6.45) is 2.94. The lowest BCUT2D eigenvalue weighted by Gasteiger charge is -2.04. The van der Waals surface area contributed by atoms with Gasteiger partial charge in [0, 0.05) is 9.75 Å². The van der Waals surface area contributed by atoms with Crippen molar-refractivity contribution in [2.24, 2.45) is 0 Å². The van der Waals surface area contributed by atoms with Crippen molar-refractivity contribution in [3.63, 3.8) is 0 Å². The molecule has 0 radical (unpaired) electrons. The van der Waals surface area contributed by atoms with Gasteiger partial charge >= 0.3 is 0 Å². The van der Waals surface area contributed by atoms with E-state index in [1.165, 1.54) is 15.4 Å². The number of anilines is 1. The number of aryl methyl sites for hydroxylation is 2. The van der Waals surface area contributed by atoms with Crippen LogP contribution in [0.15, 0.2) is 12.1 Å². The maximum Gasteiger partial charge on any atom is 0.0854 e. The lowest BCUT2D eigenvalue weighted by atomic mass is 10.2. The third kappa shape index (κ3) is 2.43. The zero-order valence-corrected chi connectivity index (χ0v) is 12.2. The number of aromatic nitrogens is 2. The van der Waals surface area contributed by atoms with Gasteiger partial charge in [-0.2, -0.15) is 5.10 Å². The van der Waals surface area contributed by atoms with E-state index in [-0.39, 0.29) is 0 Å². The Bertz CT molecular complexity index is 525.